The lowest BCUT2D eigenvalue weighted by atomic mass is 9.80. The lowest BCUT2D eigenvalue weighted by molar-refractivity contribution is 0.507. The predicted molar refractivity (Wildman–Crippen MR) is 93.4 cm³/mol. The van der Waals surface area contributed by atoms with Gasteiger partial charge in [-0.2, -0.15) is 0 Å². The first-order valence-corrected chi connectivity index (χ1v) is 9.61. The van der Waals surface area contributed by atoms with E-state index in [-0.39, 0.29) is 5.41 Å². The molecule has 0 aliphatic heterocycles. The quantitative estimate of drug-likeness (QED) is 0.496. The van der Waals surface area contributed by atoms with E-state index in [2.05, 4.69) is 61.5 Å². The van der Waals surface area contributed by atoms with Crippen molar-refractivity contribution in [2.75, 3.05) is 10.7 Å². The van der Waals surface area contributed by atoms with Crippen LogP contribution in [0.3, 0.4) is 0 Å². The number of thiophene rings is 1. The van der Waals surface area contributed by atoms with E-state index in [1.807, 2.05) is 23.5 Å². The molecular weight excluding hydrogens is 407 g/mol. The second-order valence-corrected chi connectivity index (χ2v) is 7.17. The molecule has 0 amide bonds. The Labute approximate surface area is 140 Å². The summed E-state index contributed by atoms with van der Waals surface area (Å²) in [6.45, 7) is 0. The summed E-state index contributed by atoms with van der Waals surface area (Å²) in [4.78, 5) is 1.43. The van der Waals surface area contributed by atoms with E-state index in [0.29, 0.717) is 0 Å². The van der Waals surface area contributed by atoms with Crippen molar-refractivity contribution in [1.29, 1.82) is 0 Å². The number of halogens is 3. The molecule has 0 spiro atoms. The zero-order chi connectivity index (χ0) is 13.7. The van der Waals surface area contributed by atoms with Gasteiger partial charge in [-0.1, -0.05) is 67.7 Å². The standard InChI is InChI=1S/C15H15Br2ClS/c16-10-15(11-17,8-7-12-4-3-9-19-12)13-5-1-2-6-14(13)18/h1-6,9H,7-8,10-11H2. The largest absolute Gasteiger partial charge is 0.149 e. The molecule has 0 unspecified atom stereocenters. The maximum absolute atomic E-state index is 6.39. The van der Waals surface area contributed by atoms with Crippen LogP contribution in [0.25, 0.3) is 0 Å². The maximum atomic E-state index is 6.39. The molecule has 0 fully saturated rings. The summed E-state index contributed by atoms with van der Waals surface area (Å²) in [6, 6.07) is 12.5. The molecule has 2 aromatic rings. The third-order valence-corrected chi connectivity index (χ3v) is 6.80. The van der Waals surface area contributed by atoms with Crippen LogP contribution in [-0.4, -0.2) is 10.7 Å². The van der Waals surface area contributed by atoms with E-state index in [4.69, 9.17) is 11.6 Å². The molecule has 0 saturated carbocycles. The van der Waals surface area contributed by atoms with Crippen molar-refractivity contribution in [2.24, 2.45) is 0 Å². The minimum Gasteiger partial charge on any atom is -0.149 e. The van der Waals surface area contributed by atoms with Crippen LogP contribution in [0, 0.1) is 0 Å². The lowest BCUT2D eigenvalue weighted by Gasteiger charge is -2.31. The Kier molecular flexibility index (Phi) is 5.94. The van der Waals surface area contributed by atoms with E-state index in [9.17, 15) is 0 Å². The van der Waals surface area contributed by atoms with Gasteiger partial charge in [-0.05, 0) is 35.9 Å². The summed E-state index contributed by atoms with van der Waals surface area (Å²) in [7, 11) is 0. The fraction of sp³-hybridized carbons (Fsp3) is 0.333. The molecule has 1 aromatic heterocycles. The highest BCUT2D eigenvalue weighted by molar-refractivity contribution is 9.09. The molecule has 0 radical (unpaired) electrons. The monoisotopic (exact) mass is 420 g/mol. The van der Waals surface area contributed by atoms with Crippen molar-refractivity contribution < 1.29 is 0 Å². The zero-order valence-corrected chi connectivity index (χ0v) is 15.2. The van der Waals surface area contributed by atoms with Gasteiger partial charge in [0.25, 0.3) is 0 Å². The highest BCUT2D eigenvalue weighted by atomic mass is 79.9. The van der Waals surface area contributed by atoms with E-state index < -0.39 is 0 Å². The average molecular weight is 423 g/mol. The number of hydrogen-bond acceptors (Lipinski definition) is 1. The van der Waals surface area contributed by atoms with Crippen LogP contribution in [0.4, 0.5) is 0 Å². The third kappa shape index (κ3) is 3.63. The van der Waals surface area contributed by atoms with Crippen molar-refractivity contribution in [1.82, 2.24) is 0 Å². The van der Waals surface area contributed by atoms with Crippen molar-refractivity contribution in [3.63, 3.8) is 0 Å². The first-order valence-electron chi connectivity index (χ1n) is 6.11. The summed E-state index contributed by atoms with van der Waals surface area (Å²) in [5.74, 6) is 0. The topological polar surface area (TPSA) is 0 Å². The van der Waals surface area contributed by atoms with Crippen molar-refractivity contribution in [3.8, 4) is 0 Å². The van der Waals surface area contributed by atoms with E-state index >= 15 is 0 Å². The second-order valence-electron chi connectivity index (χ2n) is 4.61. The zero-order valence-electron chi connectivity index (χ0n) is 10.4. The third-order valence-electron chi connectivity index (χ3n) is 3.39. The summed E-state index contributed by atoms with van der Waals surface area (Å²) in [5.41, 5.74) is 1.27. The Morgan fingerprint density at radius 2 is 1.79 bits per heavy atom. The van der Waals surface area contributed by atoms with Crippen LogP contribution in [0.5, 0.6) is 0 Å². The van der Waals surface area contributed by atoms with Crippen LogP contribution in [-0.2, 0) is 11.8 Å². The van der Waals surface area contributed by atoms with Gasteiger partial charge in [0.05, 0.1) is 0 Å². The lowest BCUT2D eigenvalue weighted by Crippen LogP contribution is -2.31. The van der Waals surface area contributed by atoms with E-state index in [1.165, 1.54) is 10.4 Å². The van der Waals surface area contributed by atoms with Gasteiger partial charge in [-0.3, -0.25) is 0 Å². The van der Waals surface area contributed by atoms with Gasteiger partial charge in [0, 0.05) is 26.0 Å². The number of hydrogen-bond donors (Lipinski definition) is 0. The fourth-order valence-electron chi connectivity index (χ4n) is 2.16. The van der Waals surface area contributed by atoms with Crippen molar-refractivity contribution >= 4 is 54.8 Å². The van der Waals surface area contributed by atoms with Crippen molar-refractivity contribution in [2.45, 2.75) is 18.3 Å². The minimum atomic E-state index is 0.0440. The Hall–Kier alpha value is 0.170. The summed E-state index contributed by atoms with van der Waals surface area (Å²) >= 11 is 15.6. The molecule has 19 heavy (non-hydrogen) atoms. The van der Waals surface area contributed by atoms with Gasteiger partial charge < -0.3 is 0 Å². The van der Waals surface area contributed by atoms with Gasteiger partial charge in [0.2, 0.25) is 0 Å². The molecule has 102 valence electrons. The Morgan fingerprint density at radius 3 is 2.37 bits per heavy atom. The molecule has 2 rings (SSSR count). The smallest absolute Gasteiger partial charge is 0.0444 e. The molecule has 0 nitrogen and oxygen atoms in total. The minimum absolute atomic E-state index is 0.0440. The molecule has 1 heterocycles. The van der Waals surface area contributed by atoms with Gasteiger partial charge >= 0.3 is 0 Å². The average Bonchev–Trinajstić information content (AvgIpc) is 2.95. The summed E-state index contributed by atoms with van der Waals surface area (Å²) < 4.78 is 0. The number of benzene rings is 1. The number of rotatable bonds is 6. The van der Waals surface area contributed by atoms with E-state index in [1.54, 1.807) is 0 Å². The number of aryl methyl sites for hydroxylation is 1. The van der Waals surface area contributed by atoms with Crippen LogP contribution >= 0.6 is 54.8 Å². The highest BCUT2D eigenvalue weighted by Crippen LogP contribution is 2.37. The second kappa shape index (κ2) is 7.26. The van der Waals surface area contributed by atoms with Gasteiger partial charge in [0.15, 0.2) is 0 Å². The molecule has 0 aliphatic carbocycles. The Morgan fingerprint density at radius 1 is 1.05 bits per heavy atom. The highest BCUT2D eigenvalue weighted by Gasteiger charge is 2.31. The Balaban J connectivity index is 2.24. The summed E-state index contributed by atoms with van der Waals surface area (Å²) in [5, 5.41) is 4.79. The fourth-order valence-corrected chi connectivity index (χ4v) is 5.30. The predicted octanol–water partition coefficient (Wildman–Crippen LogP) is 6.06. The van der Waals surface area contributed by atoms with Gasteiger partial charge in [-0.25, -0.2) is 0 Å². The maximum Gasteiger partial charge on any atom is 0.0444 e. The first kappa shape index (κ1) is 15.6. The normalized spacial score (nSPS) is 11.7. The molecule has 0 atom stereocenters. The SMILES string of the molecule is Clc1ccccc1C(CBr)(CBr)CCc1cccs1. The molecule has 0 saturated heterocycles. The molecule has 0 aliphatic rings. The van der Waals surface area contributed by atoms with Crippen LogP contribution < -0.4 is 0 Å². The van der Waals surface area contributed by atoms with E-state index in [0.717, 1.165) is 28.5 Å². The van der Waals surface area contributed by atoms with Crippen molar-refractivity contribution in [3.05, 3.63) is 57.2 Å². The summed E-state index contributed by atoms with van der Waals surface area (Å²) in [6.07, 6.45) is 2.16. The van der Waals surface area contributed by atoms with Crippen LogP contribution in [0.2, 0.25) is 5.02 Å². The molecule has 0 N–H and O–H groups in total. The number of alkyl halides is 2. The van der Waals surface area contributed by atoms with Gasteiger partial charge in [0.1, 0.15) is 0 Å². The molecule has 4 heteroatoms. The van der Waals surface area contributed by atoms with Crippen LogP contribution in [0.1, 0.15) is 16.9 Å². The molecule has 0 bridgehead atoms. The molecule has 1 aromatic carbocycles. The Bertz CT molecular complexity index is 507. The molecular formula is C15H15Br2ClS. The van der Waals surface area contributed by atoms with Gasteiger partial charge in [-0.15, -0.1) is 11.3 Å². The first-order chi connectivity index (χ1) is 9.22. The van der Waals surface area contributed by atoms with Crippen LogP contribution in [0.15, 0.2) is 41.8 Å².